The molecule has 0 unspecified atom stereocenters. The normalized spacial score (nSPS) is 11.3. The lowest BCUT2D eigenvalue weighted by Crippen LogP contribution is -1.96. The van der Waals surface area contributed by atoms with Gasteiger partial charge < -0.3 is 0 Å². The largest absolute Gasteiger partial charge is 0.240 e. The van der Waals surface area contributed by atoms with E-state index in [0.717, 1.165) is 16.6 Å². The number of nitrogens with zero attached hydrogens (tertiary/aromatic N) is 2. The molecule has 1 aromatic heterocycles. The van der Waals surface area contributed by atoms with Crippen LogP contribution >= 0.6 is 11.6 Å². The van der Waals surface area contributed by atoms with Crippen LogP contribution in [0.4, 0.5) is 4.39 Å². The molecule has 21 heavy (non-hydrogen) atoms. The van der Waals surface area contributed by atoms with Crippen molar-refractivity contribution >= 4 is 22.5 Å². The Bertz CT molecular complexity index is 815. The first-order chi connectivity index (χ1) is 10.1. The fourth-order valence-corrected chi connectivity index (χ4v) is 2.71. The highest BCUT2D eigenvalue weighted by atomic mass is 35.5. The highest BCUT2D eigenvalue weighted by Crippen LogP contribution is 2.34. The maximum Gasteiger partial charge on any atom is 0.131 e. The van der Waals surface area contributed by atoms with Crippen molar-refractivity contribution in [2.45, 2.75) is 19.8 Å². The number of hydrogen-bond acceptors (Lipinski definition) is 2. The van der Waals surface area contributed by atoms with Crippen LogP contribution < -0.4 is 0 Å². The van der Waals surface area contributed by atoms with Crippen molar-refractivity contribution in [3.05, 3.63) is 59.3 Å². The van der Waals surface area contributed by atoms with E-state index < -0.39 is 0 Å². The Morgan fingerprint density at radius 3 is 2.52 bits per heavy atom. The van der Waals surface area contributed by atoms with Crippen molar-refractivity contribution in [3.63, 3.8) is 0 Å². The molecule has 3 rings (SSSR count). The summed E-state index contributed by atoms with van der Waals surface area (Å²) in [5.74, 6) is -0.0252. The lowest BCUT2D eigenvalue weighted by Gasteiger charge is -2.11. The molecule has 4 heteroatoms. The molecule has 0 atom stereocenters. The van der Waals surface area contributed by atoms with Crippen LogP contribution in [0.5, 0.6) is 0 Å². The summed E-state index contributed by atoms with van der Waals surface area (Å²) in [5.41, 5.74) is 2.85. The quantitative estimate of drug-likeness (QED) is 0.649. The van der Waals surface area contributed by atoms with Gasteiger partial charge in [-0.15, -0.1) is 0 Å². The first-order valence-electron chi connectivity index (χ1n) is 6.77. The summed E-state index contributed by atoms with van der Waals surface area (Å²) in [6.45, 7) is 4.14. The van der Waals surface area contributed by atoms with Crippen LogP contribution in [0, 0.1) is 5.82 Å². The fraction of sp³-hybridized carbons (Fsp3) is 0.176. The van der Waals surface area contributed by atoms with Crippen molar-refractivity contribution in [1.82, 2.24) is 9.97 Å². The van der Waals surface area contributed by atoms with Crippen molar-refractivity contribution in [1.29, 1.82) is 0 Å². The minimum Gasteiger partial charge on any atom is -0.240 e. The summed E-state index contributed by atoms with van der Waals surface area (Å²) in [6.07, 6.45) is 1.54. The first-order valence-corrected chi connectivity index (χ1v) is 7.14. The molecule has 0 bridgehead atoms. The Balaban J connectivity index is 2.28. The second-order valence-corrected chi connectivity index (χ2v) is 5.65. The molecular weight excluding hydrogens is 287 g/mol. The molecule has 2 aromatic carbocycles. The third-order valence-corrected chi connectivity index (χ3v) is 3.78. The van der Waals surface area contributed by atoms with E-state index in [0.29, 0.717) is 16.1 Å². The summed E-state index contributed by atoms with van der Waals surface area (Å²) >= 11 is 6.36. The predicted molar refractivity (Wildman–Crippen MR) is 84.0 cm³/mol. The van der Waals surface area contributed by atoms with E-state index in [-0.39, 0.29) is 11.7 Å². The van der Waals surface area contributed by atoms with Gasteiger partial charge >= 0.3 is 0 Å². The third-order valence-electron chi connectivity index (χ3n) is 3.47. The van der Waals surface area contributed by atoms with E-state index in [4.69, 9.17) is 11.6 Å². The molecule has 0 aliphatic rings. The number of halogens is 2. The fourth-order valence-electron chi connectivity index (χ4n) is 2.44. The second-order valence-electron chi connectivity index (χ2n) is 5.24. The summed E-state index contributed by atoms with van der Waals surface area (Å²) in [4.78, 5) is 8.61. The summed E-state index contributed by atoms with van der Waals surface area (Å²) < 4.78 is 14.0. The number of benzene rings is 2. The second kappa shape index (κ2) is 5.41. The van der Waals surface area contributed by atoms with Gasteiger partial charge in [0.2, 0.25) is 0 Å². The topological polar surface area (TPSA) is 25.8 Å². The van der Waals surface area contributed by atoms with E-state index in [1.807, 2.05) is 12.1 Å². The molecule has 106 valence electrons. The molecular formula is C17H14ClFN2. The predicted octanol–water partition coefficient (Wildman–Crippen LogP) is 5.21. The van der Waals surface area contributed by atoms with Crippen LogP contribution in [0.3, 0.4) is 0 Å². The molecule has 2 nitrogen and oxygen atoms in total. The molecule has 0 radical (unpaired) electrons. The average molecular weight is 301 g/mol. The monoisotopic (exact) mass is 300 g/mol. The molecule has 0 aliphatic carbocycles. The smallest absolute Gasteiger partial charge is 0.131 e. The SMILES string of the molecule is CC(C)c1ncnc2cc(-c3ccccc3F)c(Cl)cc12. The first kappa shape index (κ1) is 14.0. The zero-order valence-electron chi connectivity index (χ0n) is 11.8. The summed E-state index contributed by atoms with van der Waals surface area (Å²) in [6, 6.07) is 10.2. The number of aromatic nitrogens is 2. The zero-order chi connectivity index (χ0) is 15.0. The zero-order valence-corrected chi connectivity index (χ0v) is 12.5. The standard InChI is InChI=1S/C17H14ClFN2/c1-10(2)17-13-7-14(18)12(8-16(13)20-9-21-17)11-5-3-4-6-15(11)19/h3-10H,1-2H3. The summed E-state index contributed by atoms with van der Waals surface area (Å²) in [7, 11) is 0. The molecule has 0 saturated heterocycles. The average Bonchev–Trinajstić information content (AvgIpc) is 2.46. The lowest BCUT2D eigenvalue weighted by molar-refractivity contribution is 0.631. The van der Waals surface area contributed by atoms with Gasteiger partial charge in [0.25, 0.3) is 0 Å². The minimum atomic E-state index is -0.295. The molecule has 1 heterocycles. The van der Waals surface area contributed by atoms with Gasteiger partial charge in [-0.2, -0.15) is 0 Å². The Morgan fingerprint density at radius 2 is 1.81 bits per heavy atom. The van der Waals surface area contributed by atoms with E-state index in [2.05, 4.69) is 23.8 Å². The van der Waals surface area contributed by atoms with Gasteiger partial charge in [0, 0.05) is 21.5 Å². The highest BCUT2D eigenvalue weighted by Gasteiger charge is 2.13. The lowest BCUT2D eigenvalue weighted by atomic mass is 9.99. The van der Waals surface area contributed by atoms with Gasteiger partial charge in [-0.05, 0) is 24.1 Å². The molecule has 0 aliphatic heterocycles. The van der Waals surface area contributed by atoms with E-state index >= 15 is 0 Å². The van der Waals surface area contributed by atoms with Crippen molar-refractivity contribution in [2.75, 3.05) is 0 Å². The van der Waals surface area contributed by atoms with Crippen LogP contribution in [0.15, 0.2) is 42.7 Å². The van der Waals surface area contributed by atoms with E-state index in [1.54, 1.807) is 18.2 Å². The number of rotatable bonds is 2. The molecule has 0 saturated carbocycles. The van der Waals surface area contributed by atoms with Crippen LogP contribution in [0.2, 0.25) is 5.02 Å². The van der Waals surface area contributed by atoms with Crippen LogP contribution in [-0.4, -0.2) is 9.97 Å². The Labute approximate surface area is 127 Å². The van der Waals surface area contributed by atoms with Gasteiger partial charge in [0.05, 0.1) is 11.2 Å². The Kier molecular flexibility index (Phi) is 3.60. The Hall–Kier alpha value is -2.00. The highest BCUT2D eigenvalue weighted by molar-refractivity contribution is 6.34. The maximum atomic E-state index is 14.0. The van der Waals surface area contributed by atoms with E-state index in [9.17, 15) is 4.39 Å². The molecule has 0 amide bonds. The van der Waals surface area contributed by atoms with Gasteiger partial charge in [0.15, 0.2) is 0 Å². The molecule has 0 fully saturated rings. The van der Waals surface area contributed by atoms with Gasteiger partial charge in [-0.3, -0.25) is 0 Å². The van der Waals surface area contributed by atoms with Crippen molar-refractivity contribution < 1.29 is 4.39 Å². The number of hydrogen-bond donors (Lipinski definition) is 0. The van der Waals surface area contributed by atoms with Gasteiger partial charge in [-0.25, -0.2) is 14.4 Å². The van der Waals surface area contributed by atoms with Crippen LogP contribution in [-0.2, 0) is 0 Å². The number of fused-ring (bicyclic) bond motifs is 1. The van der Waals surface area contributed by atoms with Crippen molar-refractivity contribution in [2.24, 2.45) is 0 Å². The van der Waals surface area contributed by atoms with Gasteiger partial charge in [-0.1, -0.05) is 43.6 Å². The maximum absolute atomic E-state index is 14.0. The minimum absolute atomic E-state index is 0.269. The summed E-state index contributed by atoms with van der Waals surface area (Å²) in [5, 5.41) is 1.42. The third kappa shape index (κ3) is 2.49. The van der Waals surface area contributed by atoms with E-state index in [1.165, 1.54) is 12.4 Å². The van der Waals surface area contributed by atoms with Crippen LogP contribution in [0.25, 0.3) is 22.0 Å². The molecule has 0 spiro atoms. The van der Waals surface area contributed by atoms with Gasteiger partial charge in [0.1, 0.15) is 12.1 Å². The molecule has 0 N–H and O–H groups in total. The van der Waals surface area contributed by atoms with Crippen molar-refractivity contribution in [3.8, 4) is 11.1 Å². The Morgan fingerprint density at radius 1 is 1.05 bits per heavy atom. The van der Waals surface area contributed by atoms with Crippen LogP contribution in [0.1, 0.15) is 25.5 Å². The molecule has 3 aromatic rings.